The standard InChI is InChI=1S/C17H20N6O2/c1-3-4-10-23-13-14(22(2)17(25)20-15(13)24)19-16(23)21-18-11-12-8-6-5-7-9-12/h5-9,11H,3-4,10H2,1-2H3,(H,19,21)(H,20,24,25)/b18-11-. The molecular formula is C17H20N6O2. The number of aryl methyl sites for hydroxylation is 2. The fraction of sp³-hybridized carbons (Fsp3) is 0.294. The molecule has 0 radical (unpaired) electrons. The quantitative estimate of drug-likeness (QED) is 0.527. The van der Waals surface area contributed by atoms with Crippen LogP contribution >= 0.6 is 0 Å². The van der Waals surface area contributed by atoms with Gasteiger partial charge >= 0.3 is 5.69 Å². The number of aromatic nitrogens is 4. The maximum atomic E-state index is 12.2. The summed E-state index contributed by atoms with van der Waals surface area (Å²) in [5, 5.41) is 4.20. The zero-order valence-corrected chi connectivity index (χ0v) is 14.2. The molecule has 8 nitrogen and oxygen atoms in total. The molecule has 1 aromatic carbocycles. The second kappa shape index (κ2) is 7.16. The first-order chi connectivity index (χ1) is 12.1. The number of unbranched alkanes of at least 4 members (excludes halogenated alkanes) is 1. The molecule has 25 heavy (non-hydrogen) atoms. The zero-order chi connectivity index (χ0) is 17.8. The summed E-state index contributed by atoms with van der Waals surface area (Å²) in [6.07, 6.45) is 3.52. The minimum atomic E-state index is -0.489. The minimum Gasteiger partial charge on any atom is -0.303 e. The number of aromatic amines is 1. The van der Waals surface area contributed by atoms with Gasteiger partial charge in [0.05, 0.1) is 6.21 Å². The molecule has 0 unspecified atom stereocenters. The average Bonchev–Trinajstić information content (AvgIpc) is 2.98. The summed E-state index contributed by atoms with van der Waals surface area (Å²) in [7, 11) is 1.58. The summed E-state index contributed by atoms with van der Waals surface area (Å²) < 4.78 is 3.09. The molecule has 0 amide bonds. The van der Waals surface area contributed by atoms with Gasteiger partial charge in [-0.2, -0.15) is 10.1 Å². The molecule has 0 atom stereocenters. The van der Waals surface area contributed by atoms with Gasteiger partial charge in [0.2, 0.25) is 5.95 Å². The first-order valence-electron chi connectivity index (χ1n) is 8.15. The molecule has 130 valence electrons. The van der Waals surface area contributed by atoms with E-state index in [0.717, 1.165) is 18.4 Å². The molecule has 3 rings (SSSR count). The highest BCUT2D eigenvalue weighted by atomic mass is 16.2. The molecular weight excluding hydrogens is 320 g/mol. The summed E-state index contributed by atoms with van der Waals surface area (Å²) in [4.78, 5) is 30.8. The molecule has 2 N–H and O–H groups in total. The lowest BCUT2D eigenvalue weighted by Crippen LogP contribution is -2.29. The van der Waals surface area contributed by atoms with Crippen LogP contribution in [0.4, 0.5) is 5.95 Å². The Hall–Kier alpha value is -3.16. The number of benzene rings is 1. The maximum Gasteiger partial charge on any atom is 0.329 e. The Morgan fingerprint density at radius 1 is 1.28 bits per heavy atom. The Kier molecular flexibility index (Phi) is 4.78. The van der Waals surface area contributed by atoms with Gasteiger partial charge < -0.3 is 4.57 Å². The highest BCUT2D eigenvalue weighted by Crippen LogP contribution is 2.16. The van der Waals surface area contributed by atoms with Crippen molar-refractivity contribution in [3.63, 3.8) is 0 Å². The molecule has 2 aromatic heterocycles. The van der Waals surface area contributed by atoms with Gasteiger partial charge in [-0.3, -0.25) is 14.3 Å². The van der Waals surface area contributed by atoms with Crippen molar-refractivity contribution in [3.8, 4) is 0 Å². The topological polar surface area (TPSA) is 97.1 Å². The molecule has 2 heterocycles. The van der Waals surface area contributed by atoms with E-state index in [0.29, 0.717) is 23.7 Å². The minimum absolute atomic E-state index is 0.335. The van der Waals surface area contributed by atoms with Crippen LogP contribution in [0.2, 0.25) is 0 Å². The predicted molar refractivity (Wildman–Crippen MR) is 98.2 cm³/mol. The molecule has 0 aliphatic rings. The number of nitrogens with one attached hydrogen (secondary N) is 2. The zero-order valence-electron chi connectivity index (χ0n) is 14.2. The summed E-state index contributed by atoms with van der Waals surface area (Å²) in [6.45, 7) is 2.68. The SMILES string of the molecule is CCCCn1c(N/N=C\c2ccccc2)nc2c1c(=O)[nH]c(=O)n2C. The number of anilines is 1. The van der Waals surface area contributed by atoms with Crippen molar-refractivity contribution in [2.45, 2.75) is 26.3 Å². The third-order valence-corrected chi connectivity index (χ3v) is 3.92. The lowest BCUT2D eigenvalue weighted by Gasteiger charge is -2.06. The van der Waals surface area contributed by atoms with Crippen molar-refractivity contribution in [1.29, 1.82) is 0 Å². The van der Waals surface area contributed by atoms with Gasteiger partial charge in [-0.15, -0.1) is 0 Å². The fourth-order valence-corrected chi connectivity index (χ4v) is 2.56. The van der Waals surface area contributed by atoms with E-state index in [9.17, 15) is 9.59 Å². The third-order valence-electron chi connectivity index (χ3n) is 3.92. The van der Waals surface area contributed by atoms with Gasteiger partial charge in [0.1, 0.15) is 0 Å². The molecule has 0 bridgehead atoms. The average molecular weight is 340 g/mol. The monoisotopic (exact) mass is 340 g/mol. The lowest BCUT2D eigenvalue weighted by atomic mass is 10.2. The number of H-pyrrole nitrogens is 1. The number of hydrazone groups is 1. The van der Waals surface area contributed by atoms with Crippen LogP contribution in [-0.2, 0) is 13.6 Å². The Bertz CT molecular complexity index is 1010. The van der Waals surface area contributed by atoms with Gasteiger partial charge in [0.15, 0.2) is 11.2 Å². The molecule has 0 saturated carbocycles. The van der Waals surface area contributed by atoms with Crippen LogP contribution in [-0.4, -0.2) is 25.3 Å². The van der Waals surface area contributed by atoms with Crippen LogP contribution in [0.3, 0.4) is 0 Å². The van der Waals surface area contributed by atoms with Crippen LogP contribution < -0.4 is 16.7 Å². The van der Waals surface area contributed by atoms with E-state index in [4.69, 9.17) is 0 Å². The van der Waals surface area contributed by atoms with E-state index in [2.05, 4.69) is 27.4 Å². The van der Waals surface area contributed by atoms with E-state index in [1.807, 2.05) is 30.3 Å². The molecule has 0 fully saturated rings. The summed E-state index contributed by atoms with van der Waals surface area (Å²) in [5.74, 6) is 0.433. The Morgan fingerprint density at radius 3 is 2.76 bits per heavy atom. The normalized spacial score (nSPS) is 11.4. The van der Waals surface area contributed by atoms with Crippen LogP contribution in [0, 0.1) is 0 Å². The van der Waals surface area contributed by atoms with Gasteiger partial charge in [-0.1, -0.05) is 43.7 Å². The molecule has 8 heteroatoms. The number of nitrogens with zero attached hydrogens (tertiary/aromatic N) is 4. The Balaban J connectivity index is 2.03. The van der Waals surface area contributed by atoms with Crippen LogP contribution in [0.1, 0.15) is 25.3 Å². The Labute approximate surface area is 143 Å². The molecule has 0 saturated heterocycles. The van der Waals surface area contributed by atoms with Crippen molar-refractivity contribution in [2.75, 3.05) is 5.43 Å². The van der Waals surface area contributed by atoms with Crippen molar-refractivity contribution in [3.05, 3.63) is 56.7 Å². The van der Waals surface area contributed by atoms with Gasteiger partial charge in [-0.25, -0.2) is 10.2 Å². The van der Waals surface area contributed by atoms with Crippen LogP contribution in [0.15, 0.2) is 45.0 Å². The van der Waals surface area contributed by atoms with Crippen LogP contribution in [0.5, 0.6) is 0 Å². The lowest BCUT2D eigenvalue weighted by molar-refractivity contribution is 0.647. The number of hydrogen-bond acceptors (Lipinski definition) is 5. The summed E-state index contributed by atoms with van der Waals surface area (Å²) >= 11 is 0. The van der Waals surface area contributed by atoms with E-state index in [1.54, 1.807) is 17.8 Å². The van der Waals surface area contributed by atoms with Crippen LogP contribution in [0.25, 0.3) is 11.2 Å². The van der Waals surface area contributed by atoms with Crippen molar-refractivity contribution in [1.82, 2.24) is 19.1 Å². The van der Waals surface area contributed by atoms with Gasteiger partial charge in [0, 0.05) is 13.6 Å². The van der Waals surface area contributed by atoms with E-state index in [-0.39, 0.29) is 0 Å². The number of fused-ring (bicyclic) bond motifs is 1. The molecule has 0 spiro atoms. The van der Waals surface area contributed by atoms with Crippen molar-refractivity contribution < 1.29 is 0 Å². The molecule has 0 aliphatic heterocycles. The smallest absolute Gasteiger partial charge is 0.303 e. The number of hydrogen-bond donors (Lipinski definition) is 2. The number of rotatable bonds is 6. The highest BCUT2D eigenvalue weighted by Gasteiger charge is 2.16. The summed E-state index contributed by atoms with van der Waals surface area (Å²) in [6, 6.07) is 9.64. The highest BCUT2D eigenvalue weighted by molar-refractivity contribution is 5.80. The first kappa shape index (κ1) is 16.7. The number of imidazole rings is 1. The van der Waals surface area contributed by atoms with Crippen molar-refractivity contribution >= 4 is 23.3 Å². The molecule has 3 aromatic rings. The first-order valence-corrected chi connectivity index (χ1v) is 8.15. The summed E-state index contributed by atoms with van der Waals surface area (Å²) in [5.41, 5.74) is 3.60. The predicted octanol–water partition coefficient (Wildman–Crippen LogP) is 1.67. The van der Waals surface area contributed by atoms with Crippen molar-refractivity contribution in [2.24, 2.45) is 12.1 Å². The maximum absolute atomic E-state index is 12.2. The van der Waals surface area contributed by atoms with E-state index in [1.165, 1.54) is 4.57 Å². The van der Waals surface area contributed by atoms with Gasteiger partial charge in [0.25, 0.3) is 5.56 Å². The van der Waals surface area contributed by atoms with E-state index >= 15 is 0 Å². The Morgan fingerprint density at radius 2 is 2.04 bits per heavy atom. The molecule has 0 aliphatic carbocycles. The second-order valence-corrected chi connectivity index (χ2v) is 5.71. The largest absolute Gasteiger partial charge is 0.329 e. The fourth-order valence-electron chi connectivity index (χ4n) is 2.56. The van der Waals surface area contributed by atoms with Gasteiger partial charge in [-0.05, 0) is 12.0 Å². The second-order valence-electron chi connectivity index (χ2n) is 5.71. The van der Waals surface area contributed by atoms with E-state index < -0.39 is 11.2 Å². The third kappa shape index (κ3) is 3.37.